The minimum atomic E-state index is 0.0439. The summed E-state index contributed by atoms with van der Waals surface area (Å²) in [4.78, 5) is 0. The Morgan fingerprint density at radius 1 is 1.08 bits per heavy atom. The maximum atomic E-state index is 6.17. The van der Waals surface area contributed by atoms with Crippen molar-refractivity contribution in [1.29, 1.82) is 0 Å². The predicted octanol–water partition coefficient (Wildman–Crippen LogP) is 5.52. The third-order valence-corrected chi connectivity index (χ3v) is 4.40. The monoisotopic (exact) mass is 413 g/mol. The molecule has 2 aromatic carbocycles. The van der Waals surface area contributed by atoms with Gasteiger partial charge in [-0.2, -0.15) is 0 Å². The quantitative estimate of drug-likeness (QED) is 0.647. The molecule has 0 amide bonds. The largest absolute Gasteiger partial charge is 0.495 e. The smallest absolute Gasteiger partial charge is 0.167 e. The normalized spacial score (nSPS) is 10.6. The van der Waals surface area contributed by atoms with Crippen LogP contribution < -0.4 is 19.5 Å². The molecule has 0 unspecified atom stereocenters. The number of benzene rings is 2. The van der Waals surface area contributed by atoms with Crippen molar-refractivity contribution in [2.45, 2.75) is 26.5 Å². The molecule has 0 aliphatic carbocycles. The van der Waals surface area contributed by atoms with Crippen molar-refractivity contribution >= 4 is 33.2 Å². The predicted molar refractivity (Wildman–Crippen MR) is 102 cm³/mol. The van der Waals surface area contributed by atoms with Crippen molar-refractivity contribution < 1.29 is 14.2 Å². The molecule has 0 spiro atoms. The lowest BCUT2D eigenvalue weighted by Gasteiger charge is -2.19. The van der Waals surface area contributed by atoms with Crippen LogP contribution in [0.5, 0.6) is 17.2 Å². The van der Waals surface area contributed by atoms with E-state index in [-0.39, 0.29) is 6.10 Å². The zero-order chi connectivity index (χ0) is 17.7. The second-order valence-electron chi connectivity index (χ2n) is 5.43. The first-order chi connectivity index (χ1) is 11.5. The summed E-state index contributed by atoms with van der Waals surface area (Å²) in [5, 5.41) is 3.91. The van der Waals surface area contributed by atoms with Gasteiger partial charge in [-0.05, 0) is 44.2 Å². The van der Waals surface area contributed by atoms with Gasteiger partial charge in [0.1, 0.15) is 5.75 Å². The van der Waals surface area contributed by atoms with Crippen molar-refractivity contribution in [3.63, 3.8) is 0 Å². The molecule has 0 aliphatic heterocycles. The van der Waals surface area contributed by atoms with Crippen molar-refractivity contribution in [2.24, 2.45) is 0 Å². The van der Waals surface area contributed by atoms with Gasteiger partial charge in [-0.1, -0.05) is 27.5 Å². The highest BCUT2D eigenvalue weighted by Gasteiger charge is 2.16. The third-order valence-electron chi connectivity index (χ3n) is 3.36. The van der Waals surface area contributed by atoms with Gasteiger partial charge in [0.25, 0.3) is 0 Å². The molecule has 130 valence electrons. The van der Waals surface area contributed by atoms with Crippen LogP contribution in [0.3, 0.4) is 0 Å². The number of rotatable bonds is 7. The Morgan fingerprint density at radius 3 is 2.33 bits per heavy atom. The van der Waals surface area contributed by atoms with Crippen LogP contribution in [0, 0.1) is 0 Å². The Labute approximate surface area is 156 Å². The number of methoxy groups -OCH3 is 2. The molecule has 0 aliphatic rings. The Bertz CT molecular complexity index is 707. The summed E-state index contributed by atoms with van der Waals surface area (Å²) >= 11 is 9.76. The Balaban J connectivity index is 2.26. The van der Waals surface area contributed by atoms with E-state index < -0.39 is 0 Å². The molecule has 0 heterocycles. The minimum Gasteiger partial charge on any atom is -0.495 e. The van der Waals surface area contributed by atoms with Gasteiger partial charge in [-0.3, -0.25) is 0 Å². The zero-order valence-electron chi connectivity index (χ0n) is 14.2. The molecule has 6 heteroatoms. The van der Waals surface area contributed by atoms with Crippen molar-refractivity contribution in [3.05, 3.63) is 45.4 Å². The number of hydrogen-bond acceptors (Lipinski definition) is 4. The lowest BCUT2D eigenvalue weighted by atomic mass is 10.1. The fourth-order valence-corrected chi connectivity index (χ4v) is 2.95. The van der Waals surface area contributed by atoms with E-state index in [1.807, 2.05) is 44.2 Å². The van der Waals surface area contributed by atoms with Crippen LogP contribution in [0.2, 0.25) is 5.02 Å². The highest BCUT2D eigenvalue weighted by atomic mass is 79.9. The number of anilines is 1. The van der Waals surface area contributed by atoms with E-state index in [0.717, 1.165) is 21.5 Å². The molecule has 0 saturated heterocycles. The van der Waals surface area contributed by atoms with Gasteiger partial charge >= 0.3 is 0 Å². The Kier molecular flexibility index (Phi) is 6.63. The van der Waals surface area contributed by atoms with E-state index in [1.165, 1.54) is 0 Å². The summed E-state index contributed by atoms with van der Waals surface area (Å²) in [5.41, 5.74) is 1.88. The molecule has 24 heavy (non-hydrogen) atoms. The average Bonchev–Trinajstić information content (AvgIpc) is 2.54. The van der Waals surface area contributed by atoms with Crippen LogP contribution in [-0.2, 0) is 6.54 Å². The lowest BCUT2D eigenvalue weighted by molar-refractivity contribution is 0.227. The zero-order valence-corrected chi connectivity index (χ0v) is 16.5. The molecule has 4 nitrogen and oxygen atoms in total. The lowest BCUT2D eigenvalue weighted by Crippen LogP contribution is -2.11. The molecule has 0 bridgehead atoms. The highest BCUT2D eigenvalue weighted by Crippen LogP contribution is 2.37. The standard InChI is InChI=1S/C18H21BrClNO3/c1-11(2)24-18-13(14(19)6-8-17(18)23-4)10-21-12-5-7-16(22-3)15(20)9-12/h5-9,11,21H,10H2,1-4H3. The Morgan fingerprint density at radius 2 is 1.75 bits per heavy atom. The second kappa shape index (κ2) is 8.49. The number of ether oxygens (including phenoxy) is 3. The third kappa shape index (κ3) is 4.48. The molecule has 2 rings (SSSR count). The number of nitrogens with one attached hydrogen (secondary N) is 1. The molecule has 0 fully saturated rings. The number of hydrogen-bond donors (Lipinski definition) is 1. The van der Waals surface area contributed by atoms with Crippen molar-refractivity contribution in [1.82, 2.24) is 0 Å². The van der Waals surface area contributed by atoms with Gasteiger partial charge in [-0.15, -0.1) is 0 Å². The minimum absolute atomic E-state index is 0.0439. The first-order valence-electron chi connectivity index (χ1n) is 7.55. The van der Waals surface area contributed by atoms with Crippen molar-refractivity contribution in [2.75, 3.05) is 19.5 Å². The van der Waals surface area contributed by atoms with Crippen LogP contribution in [-0.4, -0.2) is 20.3 Å². The molecule has 1 N–H and O–H groups in total. The van der Waals surface area contributed by atoms with E-state index in [0.29, 0.717) is 23.1 Å². The summed E-state index contributed by atoms with van der Waals surface area (Å²) in [7, 11) is 3.23. The van der Waals surface area contributed by atoms with Gasteiger partial charge in [-0.25, -0.2) is 0 Å². The fraction of sp³-hybridized carbons (Fsp3) is 0.333. The van der Waals surface area contributed by atoms with Gasteiger partial charge in [0, 0.05) is 22.3 Å². The van der Waals surface area contributed by atoms with Crippen LogP contribution in [0.1, 0.15) is 19.4 Å². The summed E-state index contributed by atoms with van der Waals surface area (Å²) in [6.45, 7) is 4.53. The summed E-state index contributed by atoms with van der Waals surface area (Å²) < 4.78 is 17.5. The van der Waals surface area contributed by atoms with Crippen LogP contribution in [0.4, 0.5) is 5.69 Å². The molecular formula is C18H21BrClNO3. The van der Waals surface area contributed by atoms with E-state index in [1.54, 1.807) is 14.2 Å². The topological polar surface area (TPSA) is 39.7 Å². The van der Waals surface area contributed by atoms with Gasteiger partial charge in [0.05, 0.1) is 25.3 Å². The number of halogens is 2. The second-order valence-corrected chi connectivity index (χ2v) is 6.69. The average molecular weight is 415 g/mol. The van der Waals surface area contributed by atoms with E-state index in [4.69, 9.17) is 25.8 Å². The SMILES string of the molecule is COc1ccc(NCc2c(Br)ccc(OC)c2OC(C)C)cc1Cl. The molecular weight excluding hydrogens is 394 g/mol. The molecule has 2 aromatic rings. The summed E-state index contributed by atoms with van der Waals surface area (Å²) in [6.07, 6.45) is 0.0439. The molecule has 0 atom stereocenters. The fourth-order valence-electron chi connectivity index (χ4n) is 2.24. The van der Waals surface area contributed by atoms with E-state index in [2.05, 4.69) is 21.2 Å². The molecule has 0 aromatic heterocycles. The first-order valence-corrected chi connectivity index (χ1v) is 8.72. The van der Waals surface area contributed by atoms with E-state index in [9.17, 15) is 0 Å². The summed E-state index contributed by atoms with van der Waals surface area (Å²) in [6, 6.07) is 9.41. The van der Waals surface area contributed by atoms with Crippen LogP contribution in [0.25, 0.3) is 0 Å². The molecule has 0 saturated carbocycles. The maximum Gasteiger partial charge on any atom is 0.167 e. The van der Waals surface area contributed by atoms with Gasteiger partial charge in [0.2, 0.25) is 0 Å². The van der Waals surface area contributed by atoms with E-state index >= 15 is 0 Å². The van der Waals surface area contributed by atoms with Crippen LogP contribution in [0.15, 0.2) is 34.8 Å². The molecule has 0 radical (unpaired) electrons. The van der Waals surface area contributed by atoms with Gasteiger partial charge in [0.15, 0.2) is 11.5 Å². The highest BCUT2D eigenvalue weighted by molar-refractivity contribution is 9.10. The van der Waals surface area contributed by atoms with Crippen LogP contribution >= 0.6 is 27.5 Å². The Hall–Kier alpha value is -1.59. The van der Waals surface area contributed by atoms with Gasteiger partial charge < -0.3 is 19.5 Å². The summed E-state index contributed by atoms with van der Waals surface area (Å²) in [5.74, 6) is 2.08. The first kappa shape index (κ1) is 18.7. The maximum absolute atomic E-state index is 6.17. The van der Waals surface area contributed by atoms with Crippen molar-refractivity contribution in [3.8, 4) is 17.2 Å².